The van der Waals surface area contributed by atoms with Crippen LogP contribution in [0.4, 0.5) is 0 Å². The van der Waals surface area contributed by atoms with E-state index in [0.717, 1.165) is 21.2 Å². The Hall–Kier alpha value is -1.23. The molecule has 100 valence electrons. The van der Waals surface area contributed by atoms with Crippen LogP contribution in [0.2, 0.25) is 0 Å². The van der Waals surface area contributed by atoms with E-state index >= 15 is 0 Å². The maximum absolute atomic E-state index is 10.6. The van der Waals surface area contributed by atoms with Crippen LogP contribution in [0.3, 0.4) is 0 Å². The Morgan fingerprint density at radius 1 is 1.26 bits per heavy atom. The van der Waals surface area contributed by atoms with Crippen molar-refractivity contribution in [2.75, 3.05) is 6.54 Å². The molecule has 2 rings (SSSR count). The van der Waals surface area contributed by atoms with Crippen LogP contribution >= 0.6 is 15.9 Å². The van der Waals surface area contributed by atoms with Crippen LogP contribution < -0.4 is 5.73 Å². The topological polar surface area (TPSA) is 59.1 Å². The summed E-state index contributed by atoms with van der Waals surface area (Å²) in [7, 11) is 0. The van der Waals surface area contributed by atoms with Gasteiger partial charge in [0, 0.05) is 29.3 Å². The molecule has 0 saturated heterocycles. The van der Waals surface area contributed by atoms with Crippen molar-refractivity contribution in [1.82, 2.24) is 4.98 Å². The second-order valence-corrected chi connectivity index (χ2v) is 5.48. The highest BCUT2D eigenvalue weighted by Crippen LogP contribution is 2.32. The van der Waals surface area contributed by atoms with Gasteiger partial charge in [-0.2, -0.15) is 0 Å². The molecule has 4 heteroatoms. The molecule has 0 aliphatic carbocycles. The highest BCUT2D eigenvalue weighted by Gasteiger charge is 2.22. The number of rotatable bonds is 4. The highest BCUT2D eigenvalue weighted by atomic mass is 79.9. The molecule has 0 fully saturated rings. The van der Waals surface area contributed by atoms with Crippen molar-refractivity contribution in [1.29, 1.82) is 0 Å². The van der Waals surface area contributed by atoms with Gasteiger partial charge in [0.15, 0.2) is 0 Å². The fraction of sp³-hybridized carbons (Fsp3) is 0.267. The Bertz CT molecular complexity index is 545. The minimum Gasteiger partial charge on any atom is -0.388 e. The lowest BCUT2D eigenvalue weighted by atomic mass is 9.88. The minimum atomic E-state index is -0.620. The molecule has 0 saturated carbocycles. The number of hydrogen-bond acceptors (Lipinski definition) is 3. The summed E-state index contributed by atoms with van der Waals surface area (Å²) in [5.74, 6) is -0.129. The van der Waals surface area contributed by atoms with Gasteiger partial charge < -0.3 is 10.8 Å². The predicted molar refractivity (Wildman–Crippen MR) is 79.9 cm³/mol. The van der Waals surface area contributed by atoms with E-state index in [4.69, 9.17) is 5.73 Å². The van der Waals surface area contributed by atoms with Crippen LogP contribution in [0.1, 0.15) is 28.7 Å². The summed E-state index contributed by atoms with van der Waals surface area (Å²) in [5, 5.41) is 10.6. The number of aryl methyl sites for hydroxylation is 1. The van der Waals surface area contributed by atoms with Crippen LogP contribution in [-0.4, -0.2) is 16.6 Å². The summed E-state index contributed by atoms with van der Waals surface area (Å²) in [6, 6.07) is 9.70. The molecule has 0 spiro atoms. The van der Waals surface area contributed by atoms with Gasteiger partial charge in [0.25, 0.3) is 0 Å². The first kappa shape index (κ1) is 14.2. The van der Waals surface area contributed by atoms with Crippen molar-refractivity contribution in [3.8, 4) is 0 Å². The van der Waals surface area contributed by atoms with Gasteiger partial charge in [-0.3, -0.25) is 4.98 Å². The number of aliphatic hydroxyl groups excluding tert-OH is 1. The van der Waals surface area contributed by atoms with Gasteiger partial charge in [-0.05, 0) is 47.9 Å². The second kappa shape index (κ2) is 6.28. The van der Waals surface area contributed by atoms with Crippen molar-refractivity contribution in [3.05, 3.63) is 63.9 Å². The normalized spacial score (nSPS) is 14.1. The highest BCUT2D eigenvalue weighted by molar-refractivity contribution is 9.10. The molecule has 3 N–H and O–H groups in total. The fourth-order valence-electron chi connectivity index (χ4n) is 2.20. The number of nitrogens with zero attached hydrogens (tertiary/aromatic N) is 1. The summed E-state index contributed by atoms with van der Waals surface area (Å²) in [4.78, 5) is 4.00. The molecule has 0 bridgehead atoms. The van der Waals surface area contributed by atoms with Crippen molar-refractivity contribution in [2.45, 2.75) is 18.9 Å². The van der Waals surface area contributed by atoms with E-state index in [2.05, 4.69) is 20.9 Å². The zero-order chi connectivity index (χ0) is 13.8. The maximum Gasteiger partial charge on any atom is 0.0873 e. The van der Waals surface area contributed by atoms with Crippen LogP contribution in [0.25, 0.3) is 0 Å². The minimum absolute atomic E-state index is 0.129. The summed E-state index contributed by atoms with van der Waals surface area (Å²) >= 11 is 3.44. The van der Waals surface area contributed by atoms with Gasteiger partial charge in [-0.25, -0.2) is 0 Å². The predicted octanol–water partition coefficient (Wildman–Crippen LogP) is 2.93. The zero-order valence-electron chi connectivity index (χ0n) is 10.8. The Balaban J connectivity index is 2.36. The van der Waals surface area contributed by atoms with E-state index < -0.39 is 6.10 Å². The molecule has 0 radical (unpaired) electrons. The average molecular weight is 321 g/mol. The second-order valence-electron chi connectivity index (χ2n) is 4.57. The number of hydrogen-bond donors (Lipinski definition) is 2. The number of aliphatic hydroxyl groups is 1. The van der Waals surface area contributed by atoms with Gasteiger partial charge >= 0.3 is 0 Å². The lowest BCUT2D eigenvalue weighted by Crippen LogP contribution is -2.20. The first-order chi connectivity index (χ1) is 9.13. The molecule has 3 nitrogen and oxygen atoms in total. The Morgan fingerprint density at radius 3 is 2.58 bits per heavy atom. The zero-order valence-corrected chi connectivity index (χ0v) is 12.3. The third-order valence-electron chi connectivity index (χ3n) is 3.33. The van der Waals surface area contributed by atoms with Gasteiger partial charge in [0.2, 0.25) is 0 Å². The number of aromatic nitrogens is 1. The SMILES string of the molecule is Cc1ccc(Br)cc1C(O)C(CN)c1ccncc1. The fourth-order valence-corrected chi connectivity index (χ4v) is 2.58. The summed E-state index contributed by atoms with van der Waals surface area (Å²) in [5.41, 5.74) is 8.81. The van der Waals surface area contributed by atoms with E-state index in [1.165, 1.54) is 0 Å². The summed E-state index contributed by atoms with van der Waals surface area (Å²) in [6.07, 6.45) is 2.82. The number of halogens is 1. The number of pyridine rings is 1. The lowest BCUT2D eigenvalue weighted by Gasteiger charge is -2.23. The first-order valence-electron chi connectivity index (χ1n) is 6.17. The molecule has 2 atom stereocenters. The molecule has 2 aromatic rings. The van der Waals surface area contributed by atoms with Crippen LogP contribution in [0, 0.1) is 6.92 Å². The van der Waals surface area contributed by atoms with E-state index in [-0.39, 0.29) is 5.92 Å². The molecule has 1 aromatic carbocycles. The van der Waals surface area contributed by atoms with Gasteiger partial charge in [0.1, 0.15) is 0 Å². The molecule has 0 aliphatic rings. The smallest absolute Gasteiger partial charge is 0.0873 e. The largest absolute Gasteiger partial charge is 0.388 e. The Morgan fingerprint density at radius 2 is 1.95 bits per heavy atom. The van der Waals surface area contributed by atoms with Crippen LogP contribution in [0.5, 0.6) is 0 Å². The van der Waals surface area contributed by atoms with Gasteiger partial charge in [-0.15, -0.1) is 0 Å². The average Bonchev–Trinajstić information content (AvgIpc) is 2.43. The van der Waals surface area contributed by atoms with Crippen molar-refractivity contribution in [2.24, 2.45) is 5.73 Å². The molecular formula is C15H17BrN2O. The summed E-state index contributed by atoms with van der Waals surface area (Å²) in [6.45, 7) is 2.38. The standard InChI is InChI=1S/C15H17BrN2O/c1-10-2-3-12(16)8-13(10)15(19)14(9-17)11-4-6-18-7-5-11/h2-8,14-15,19H,9,17H2,1H3. The number of benzene rings is 1. The molecule has 0 amide bonds. The molecule has 19 heavy (non-hydrogen) atoms. The van der Waals surface area contributed by atoms with Crippen LogP contribution in [0.15, 0.2) is 47.2 Å². The van der Waals surface area contributed by atoms with E-state index in [0.29, 0.717) is 6.54 Å². The van der Waals surface area contributed by atoms with Crippen molar-refractivity contribution >= 4 is 15.9 Å². The van der Waals surface area contributed by atoms with Crippen LogP contribution in [-0.2, 0) is 0 Å². The Kier molecular flexibility index (Phi) is 4.69. The quantitative estimate of drug-likeness (QED) is 0.910. The van der Waals surface area contributed by atoms with Crippen molar-refractivity contribution < 1.29 is 5.11 Å². The third kappa shape index (κ3) is 3.21. The maximum atomic E-state index is 10.6. The van der Waals surface area contributed by atoms with Crippen molar-refractivity contribution in [3.63, 3.8) is 0 Å². The molecular weight excluding hydrogens is 304 g/mol. The van der Waals surface area contributed by atoms with Gasteiger partial charge in [0.05, 0.1) is 6.10 Å². The molecule has 0 aliphatic heterocycles. The monoisotopic (exact) mass is 320 g/mol. The third-order valence-corrected chi connectivity index (χ3v) is 3.82. The first-order valence-corrected chi connectivity index (χ1v) is 6.97. The Labute approximate surface area is 121 Å². The summed E-state index contributed by atoms with van der Waals surface area (Å²) < 4.78 is 0.956. The molecule has 1 heterocycles. The lowest BCUT2D eigenvalue weighted by molar-refractivity contribution is 0.146. The number of nitrogens with two attached hydrogens (primary N) is 1. The van der Waals surface area contributed by atoms with Gasteiger partial charge in [-0.1, -0.05) is 22.0 Å². The molecule has 1 aromatic heterocycles. The van der Waals surface area contributed by atoms with E-state index in [1.807, 2.05) is 37.3 Å². The van der Waals surface area contributed by atoms with E-state index in [1.54, 1.807) is 12.4 Å². The van der Waals surface area contributed by atoms with E-state index in [9.17, 15) is 5.11 Å². The molecule has 2 unspecified atom stereocenters.